The SMILES string of the molecule is CC1(NC2CCCC2CN)CCS(=O)(=O)C1. The Morgan fingerprint density at radius 2 is 2.19 bits per heavy atom. The fourth-order valence-electron chi connectivity index (χ4n) is 3.08. The Kier molecular flexibility index (Phi) is 3.29. The maximum absolute atomic E-state index is 11.5. The third-order valence-electron chi connectivity index (χ3n) is 4.00. The van der Waals surface area contributed by atoms with Crippen LogP contribution in [0.5, 0.6) is 0 Å². The summed E-state index contributed by atoms with van der Waals surface area (Å²) in [4.78, 5) is 0. The highest BCUT2D eigenvalue weighted by Crippen LogP contribution is 2.30. The molecule has 1 aliphatic carbocycles. The molecule has 0 radical (unpaired) electrons. The molecule has 5 heteroatoms. The number of nitrogens with two attached hydrogens (primary N) is 1. The molecule has 1 aliphatic heterocycles. The Balaban J connectivity index is 1.99. The lowest BCUT2D eigenvalue weighted by Gasteiger charge is -2.31. The van der Waals surface area contributed by atoms with Crippen molar-refractivity contribution >= 4 is 9.84 Å². The summed E-state index contributed by atoms with van der Waals surface area (Å²) in [6.45, 7) is 2.74. The number of sulfone groups is 1. The fraction of sp³-hybridized carbons (Fsp3) is 1.00. The lowest BCUT2D eigenvalue weighted by Crippen LogP contribution is -2.51. The smallest absolute Gasteiger partial charge is 0.152 e. The van der Waals surface area contributed by atoms with Gasteiger partial charge in [0.2, 0.25) is 0 Å². The topological polar surface area (TPSA) is 72.2 Å². The van der Waals surface area contributed by atoms with Crippen LogP contribution in [0, 0.1) is 5.92 Å². The van der Waals surface area contributed by atoms with Crippen LogP contribution in [0.2, 0.25) is 0 Å². The average Bonchev–Trinajstić information content (AvgIpc) is 2.71. The Hall–Kier alpha value is -0.130. The minimum Gasteiger partial charge on any atom is -0.330 e. The van der Waals surface area contributed by atoms with Crippen LogP contribution >= 0.6 is 0 Å². The first-order valence-electron chi connectivity index (χ1n) is 6.12. The molecule has 1 heterocycles. The molecule has 0 aromatic rings. The van der Waals surface area contributed by atoms with Crippen molar-refractivity contribution in [3.63, 3.8) is 0 Å². The summed E-state index contributed by atoms with van der Waals surface area (Å²) in [5.74, 6) is 1.14. The zero-order chi connectivity index (χ0) is 11.8. The van der Waals surface area contributed by atoms with E-state index in [0.29, 0.717) is 24.3 Å². The maximum atomic E-state index is 11.5. The second-order valence-electron chi connectivity index (χ2n) is 5.58. The Morgan fingerprint density at radius 3 is 2.75 bits per heavy atom. The van der Waals surface area contributed by atoms with E-state index in [2.05, 4.69) is 5.32 Å². The Bertz CT molecular complexity index is 355. The summed E-state index contributed by atoms with van der Waals surface area (Å²) in [6.07, 6.45) is 4.26. The van der Waals surface area contributed by atoms with Crippen LogP contribution in [0.1, 0.15) is 32.6 Å². The summed E-state index contributed by atoms with van der Waals surface area (Å²) in [6, 6.07) is 0.420. The molecule has 0 bridgehead atoms. The summed E-state index contributed by atoms with van der Waals surface area (Å²) in [5, 5.41) is 3.55. The minimum atomic E-state index is -2.81. The van der Waals surface area contributed by atoms with E-state index >= 15 is 0 Å². The van der Waals surface area contributed by atoms with E-state index in [9.17, 15) is 8.42 Å². The maximum Gasteiger partial charge on any atom is 0.152 e. The van der Waals surface area contributed by atoms with Gasteiger partial charge in [0.15, 0.2) is 9.84 Å². The zero-order valence-corrected chi connectivity index (χ0v) is 10.7. The van der Waals surface area contributed by atoms with Crippen molar-refractivity contribution in [3.05, 3.63) is 0 Å². The molecule has 1 saturated heterocycles. The highest BCUT2D eigenvalue weighted by atomic mass is 32.2. The molecule has 3 N–H and O–H groups in total. The summed E-state index contributed by atoms with van der Waals surface area (Å²) in [5.41, 5.74) is 5.52. The summed E-state index contributed by atoms with van der Waals surface area (Å²) >= 11 is 0. The van der Waals surface area contributed by atoms with Gasteiger partial charge in [-0.25, -0.2) is 8.42 Å². The van der Waals surface area contributed by atoms with Crippen LogP contribution in [0.4, 0.5) is 0 Å². The van der Waals surface area contributed by atoms with E-state index in [1.54, 1.807) is 0 Å². The van der Waals surface area contributed by atoms with Gasteiger partial charge in [-0.05, 0) is 38.6 Å². The van der Waals surface area contributed by atoms with Crippen molar-refractivity contribution in [1.29, 1.82) is 0 Å². The van der Waals surface area contributed by atoms with E-state index in [1.165, 1.54) is 12.8 Å². The second kappa shape index (κ2) is 4.27. The van der Waals surface area contributed by atoms with Crippen LogP contribution in [-0.2, 0) is 9.84 Å². The lowest BCUT2D eigenvalue weighted by atomic mass is 9.96. The monoisotopic (exact) mass is 246 g/mol. The van der Waals surface area contributed by atoms with Crippen molar-refractivity contribution in [1.82, 2.24) is 5.32 Å². The summed E-state index contributed by atoms with van der Waals surface area (Å²) < 4.78 is 23.0. The third kappa shape index (κ3) is 2.57. The van der Waals surface area contributed by atoms with Crippen molar-refractivity contribution in [2.24, 2.45) is 11.7 Å². The molecule has 0 aromatic heterocycles. The second-order valence-corrected chi connectivity index (χ2v) is 7.76. The van der Waals surface area contributed by atoms with E-state index < -0.39 is 9.84 Å². The molecule has 16 heavy (non-hydrogen) atoms. The molecule has 2 aliphatic rings. The predicted molar refractivity (Wildman–Crippen MR) is 65.0 cm³/mol. The van der Waals surface area contributed by atoms with Gasteiger partial charge in [-0.3, -0.25) is 0 Å². The van der Waals surface area contributed by atoms with Gasteiger partial charge in [-0.1, -0.05) is 6.42 Å². The zero-order valence-electron chi connectivity index (χ0n) is 9.91. The van der Waals surface area contributed by atoms with Gasteiger partial charge >= 0.3 is 0 Å². The number of hydrogen-bond acceptors (Lipinski definition) is 4. The molecule has 0 amide bonds. The van der Waals surface area contributed by atoms with E-state index in [1.807, 2.05) is 6.92 Å². The largest absolute Gasteiger partial charge is 0.330 e. The van der Waals surface area contributed by atoms with Gasteiger partial charge in [0, 0.05) is 11.6 Å². The first kappa shape index (κ1) is 12.3. The fourth-order valence-corrected chi connectivity index (χ4v) is 5.19. The molecule has 1 saturated carbocycles. The average molecular weight is 246 g/mol. The normalized spacial score (nSPS) is 42.6. The van der Waals surface area contributed by atoms with Crippen LogP contribution in [-0.4, -0.2) is 38.0 Å². The highest BCUT2D eigenvalue weighted by Gasteiger charge is 2.41. The Labute approximate surface area is 97.9 Å². The highest BCUT2D eigenvalue weighted by molar-refractivity contribution is 7.91. The number of nitrogens with one attached hydrogen (secondary N) is 1. The molecule has 4 nitrogen and oxygen atoms in total. The van der Waals surface area contributed by atoms with Crippen molar-refractivity contribution < 1.29 is 8.42 Å². The van der Waals surface area contributed by atoms with Crippen LogP contribution in [0.25, 0.3) is 0 Å². The van der Waals surface area contributed by atoms with Gasteiger partial charge in [0.05, 0.1) is 11.5 Å². The van der Waals surface area contributed by atoms with Crippen molar-refractivity contribution in [2.45, 2.75) is 44.2 Å². The molecular weight excluding hydrogens is 224 g/mol. The molecule has 3 atom stereocenters. The van der Waals surface area contributed by atoms with E-state index in [-0.39, 0.29) is 11.3 Å². The first-order chi connectivity index (χ1) is 7.44. The van der Waals surface area contributed by atoms with Gasteiger partial charge in [-0.2, -0.15) is 0 Å². The van der Waals surface area contributed by atoms with Gasteiger partial charge in [-0.15, -0.1) is 0 Å². The van der Waals surface area contributed by atoms with Gasteiger partial charge < -0.3 is 11.1 Å². The van der Waals surface area contributed by atoms with Gasteiger partial charge in [0.1, 0.15) is 0 Å². The van der Waals surface area contributed by atoms with Gasteiger partial charge in [0.25, 0.3) is 0 Å². The molecule has 3 unspecified atom stereocenters. The van der Waals surface area contributed by atoms with E-state index in [4.69, 9.17) is 5.73 Å². The lowest BCUT2D eigenvalue weighted by molar-refractivity contribution is 0.297. The third-order valence-corrected chi connectivity index (χ3v) is 5.90. The standard InChI is InChI=1S/C11H22N2O2S/c1-11(5-6-16(14,15)8-11)13-10-4-2-3-9(10)7-12/h9-10,13H,2-8,12H2,1H3. The minimum absolute atomic E-state index is 0.221. The predicted octanol–water partition coefficient (Wildman–Crippen LogP) is 0.281. The quantitative estimate of drug-likeness (QED) is 0.750. The Morgan fingerprint density at radius 1 is 1.44 bits per heavy atom. The van der Waals surface area contributed by atoms with E-state index in [0.717, 1.165) is 12.8 Å². The van der Waals surface area contributed by atoms with Crippen molar-refractivity contribution in [2.75, 3.05) is 18.1 Å². The molecule has 2 fully saturated rings. The summed E-state index contributed by atoms with van der Waals surface area (Å²) in [7, 11) is -2.81. The van der Waals surface area contributed by atoms with Crippen LogP contribution in [0.3, 0.4) is 0 Å². The molecular formula is C11H22N2O2S. The molecule has 0 spiro atoms. The molecule has 94 valence electrons. The molecule has 0 aromatic carbocycles. The number of hydrogen-bond donors (Lipinski definition) is 2. The van der Waals surface area contributed by atoms with Crippen molar-refractivity contribution in [3.8, 4) is 0 Å². The van der Waals surface area contributed by atoms with Crippen LogP contribution < -0.4 is 11.1 Å². The number of rotatable bonds is 3. The molecule has 2 rings (SSSR count). The van der Waals surface area contributed by atoms with Crippen LogP contribution in [0.15, 0.2) is 0 Å². The first-order valence-corrected chi connectivity index (χ1v) is 7.94.